The van der Waals surface area contributed by atoms with Crippen molar-refractivity contribution in [3.8, 4) is 22.6 Å². The molecular weight excluding hydrogens is 392 g/mol. The number of carbonyl (C=O) groups excluding carboxylic acids is 1. The molecule has 7 nitrogen and oxygen atoms in total. The van der Waals surface area contributed by atoms with E-state index in [1.165, 1.54) is 0 Å². The summed E-state index contributed by atoms with van der Waals surface area (Å²) in [6.07, 6.45) is 7.88. The zero-order chi connectivity index (χ0) is 22.0. The molecule has 0 spiro atoms. The second-order valence-corrected chi connectivity index (χ2v) is 7.90. The van der Waals surface area contributed by atoms with Crippen LogP contribution in [0.5, 0.6) is 11.5 Å². The average molecular weight is 421 g/mol. The van der Waals surface area contributed by atoms with Crippen LogP contribution in [-0.2, 0) is 18.3 Å². The number of likely N-dealkylation sites (tertiary alicyclic amines) is 1. The highest BCUT2D eigenvalue weighted by molar-refractivity contribution is 5.80. The molecule has 1 atom stereocenters. The molecule has 31 heavy (non-hydrogen) atoms. The van der Waals surface area contributed by atoms with Gasteiger partial charge in [-0.1, -0.05) is 6.07 Å². The Morgan fingerprint density at radius 3 is 2.71 bits per heavy atom. The van der Waals surface area contributed by atoms with E-state index in [2.05, 4.69) is 4.98 Å². The quantitative estimate of drug-likeness (QED) is 0.608. The number of hydrogen-bond donors (Lipinski definition) is 0. The molecule has 3 heterocycles. The maximum absolute atomic E-state index is 13.3. The number of aromatic nitrogens is 3. The molecule has 0 saturated carbocycles. The van der Waals surface area contributed by atoms with Crippen LogP contribution in [0.3, 0.4) is 0 Å². The lowest BCUT2D eigenvalue weighted by Crippen LogP contribution is -2.32. The first-order valence-corrected chi connectivity index (χ1v) is 10.5. The van der Waals surface area contributed by atoms with Gasteiger partial charge in [0.25, 0.3) is 0 Å². The van der Waals surface area contributed by atoms with E-state index in [-0.39, 0.29) is 11.9 Å². The number of benzene rings is 1. The van der Waals surface area contributed by atoms with E-state index in [0.29, 0.717) is 17.9 Å². The molecule has 4 rings (SSSR count). The van der Waals surface area contributed by atoms with Crippen molar-refractivity contribution in [3.63, 3.8) is 0 Å². The Balaban J connectivity index is 1.61. The standard InChI is InChI=1S/C24H28N4O3/c1-16-14-25-10-9-18(16)19-15-27(2)26-24(19)20-6-5-11-28(20)23(29)13-17-7-8-21(30-3)22(12-17)31-4/h7-10,12,14-15,20H,5-6,11,13H2,1-4H3/t20-/m0/s1. The Hall–Kier alpha value is -3.35. The minimum absolute atomic E-state index is 0.0311. The fourth-order valence-electron chi connectivity index (χ4n) is 4.35. The largest absolute Gasteiger partial charge is 0.493 e. The third-order valence-electron chi connectivity index (χ3n) is 5.86. The second-order valence-electron chi connectivity index (χ2n) is 7.90. The van der Waals surface area contributed by atoms with Gasteiger partial charge >= 0.3 is 0 Å². The number of hydrogen-bond acceptors (Lipinski definition) is 5. The highest BCUT2D eigenvalue weighted by atomic mass is 16.5. The minimum Gasteiger partial charge on any atom is -0.493 e. The van der Waals surface area contributed by atoms with Crippen molar-refractivity contribution in [2.45, 2.75) is 32.2 Å². The van der Waals surface area contributed by atoms with E-state index in [0.717, 1.165) is 47.3 Å². The van der Waals surface area contributed by atoms with Gasteiger partial charge in [0.15, 0.2) is 11.5 Å². The van der Waals surface area contributed by atoms with Crippen LogP contribution in [-0.4, -0.2) is 46.3 Å². The molecular formula is C24H28N4O3. The Bertz CT molecular complexity index is 1090. The smallest absolute Gasteiger partial charge is 0.227 e. The van der Waals surface area contributed by atoms with Crippen molar-refractivity contribution in [1.29, 1.82) is 0 Å². The molecule has 0 N–H and O–H groups in total. The van der Waals surface area contributed by atoms with Crippen LogP contribution >= 0.6 is 0 Å². The summed E-state index contributed by atoms with van der Waals surface area (Å²) in [5.41, 5.74) is 5.13. The van der Waals surface area contributed by atoms with Crippen LogP contribution in [0.4, 0.5) is 0 Å². The van der Waals surface area contributed by atoms with Gasteiger partial charge in [-0.2, -0.15) is 5.10 Å². The fourth-order valence-corrected chi connectivity index (χ4v) is 4.35. The molecule has 1 saturated heterocycles. The van der Waals surface area contributed by atoms with E-state index < -0.39 is 0 Å². The van der Waals surface area contributed by atoms with Gasteiger partial charge in [0.2, 0.25) is 5.91 Å². The molecule has 162 valence electrons. The maximum Gasteiger partial charge on any atom is 0.227 e. The van der Waals surface area contributed by atoms with Crippen molar-refractivity contribution < 1.29 is 14.3 Å². The van der Waals surface area contributed by atoms with Crippen LogP contribution < -0.4 is 9.47 Å². The van der Waals surface area contributed by atoms with Gasteiger partial charge in [0.05, 0.1) is 32.4 Å². The van der Waals surface area contributed by atoms with Crippen molar-refractivity contribution in [2.75, 3.05) is 20.8 Å². The predicted molar refractivity (Wildman–Crippen MR) is 118 cm³/mol. The van der Waals surface area contributed by atoms with Crippen molar-refractivity contribution >= 4 is 5.91 Å². The van der Waals surface area contributed by atoms with Crippen molar-refractivity contribution in [2.24, 2.45) is 7.05 Å². The number of nitrogens with zero attached hydrogens (tertiary/aromatic N) is 4. The van der Waals surface area contributed by atoms with Crippen LogP contribution in [0.25, 0.3) is 11.1 Å². The van der Waals surface area contributed by atoms with Crippen molar-refractivity contribution in [1.82, 2.24) is 19.7 Å². The summed E-state index contributed by atoms with van der Waals surface area (Å²) < 4.78 is 12.5. The summed E-state index contributed by atoms with van der Waals surface area (Å²) in [5, 5.41) is 4.77. The predicted octanol–water partition coefficient (Wildman–Crippen LogP) is 3.71. The van der Waals surface area contributed by atoms with E-state index in [4.69, 9.17) is 14.6 Å². The van der Waals surface area contributed by atoms with E-state index in [1.807, 2.05) is 60.2 Å². The molecule has 1 amide bonds. The molecule has 0 unspecified atom stereocenters. The third-order valence-corrected chi connectivity index (χ3v) is 5.86. The molecule has 3 aromatic rings. The SMILES string of the molecule is COc1ccc(CC(=O)N2CCC[C@H]2c2nn(C)cc2-c2ccncc2C)cc1OC. The summed E-state index contributed by atoms with van der Waals surface area (Å²) in [6, 6.07) is 7.61. The third kappa shape index (κ3) is 4.13. The molecule has 7 heteroatoms. The first-order chi connectivity index (χ1) is 15.0. The number of methoxy groups -OCH3 is 2. The number of rotatable bonds is 6. The highest BCUT2D eigenvalue weighted by Crippen LogP contribution is 2.38. The molecule has 1 aliphatic heterocycles. The Kier molecular flexibility index (Phi) is 5.93. The Labute approximate surface area is 182 Å². The van der Waals surface area contributed by atoms with Crippen molar-refractivity contribution in [3.05, 3.63) is 59.7 Å². The number of amides is 1. The molecule has 0 aliphatic carbocycles. The van der Waals surface area contributed by atoms with Gasteiger partial charge in [0.1, 0.15) is 0 Å². The Morgan fingerprint density at radius 2 is 1.97 bits per heavy atom. The summed E-state index contributed by atoms with van der Waals surface area (Å²) in [6.45, 7) is 2.79. The summed E-state index contributed by atoms with van der Waals surface area (Å²) in [7, 11) is 5.13. The van der Waals surface area contributed by atoms with Crippen LogP contribution in [0.15, 0.2) is 42.9 Å². The van der Waals surface area contributed by atoms with Gasteiger partial charge in [-0.15, -0.1) is 0 Å². The van der Waals surface area contributed by atoms with E-state index in [1.54, 1.807) is 20.4 Å². The average Bonchev–Trinajstić information content (AvgIpc) is 3.40. The molecule has 1 aromatic carbocycles. The monoisotopic (exact) mass is 420 g/mol. The normalized spacial score (nSPS) is 15.9. The van der Waals surface area contributed by atoms with Crippen LogP contribution in [0.2, 0.25) is 0 Å². The van der Waals surface area contributed by atoms with E-state index in [9.17, 15) is 4.79 Å². The van der Waals surface area contributed by atoms with E-state index >= 15 is 0 Å². The second kappa shape index (κ2) is 8.79. The molecule has 1 aliphatic rings. The summed E-state index contributed by atoms with van der Waals surface area (Å²) in [4.78, 5) is 19.5. The number of ether oxygens (including phenoxy) is 2. The van der Waals surface area contributed by atoms with Crippen LogP contribution in [0.1, 0.15) is 35.7 Å². The number of pyridine rings is 1. The van der Waals surface area contributed by atoms with Gasteiger partial charge in [-0.25, -0.2) is 0 Å². The zero-order valence-corrected chi connectivity index (χ0v) is 18.5. The number of carbonyl (C=O) groups is 1. The minimum atomic E-state index is -0.0311. The molecule has 1 fully saturated rings. The zero-order valence-electron chi connectivity index (χ0n) is 18.5. The lowest BCUT2D eigenvalue weighted by atomic mass is 9.98. The summed E-state index contributed by atoms with van der Waals surface area (Å²) in [5.74, 6) is 1.38. The molecule has 0 radical (unpaired) electrons. The van der Waals surface area contributed by atoms with Gasteiger partial charge in [0, 0.05) is 37.7 Å². The lowest BCUT2D eigenvalue weighted by molar-refractivity contribution is -0.131. The lowest BCUT2D eigenvalue weighted by Gasteiger charge is -2.25. The van der Waals surface area contributed by atoms with Gasteiger partial charge < -0.3 is 14.4 Å². The van der Waals surface area contributed by atoms with Gasteiger partial charge in [-0.3, -0.25) is 14.5 Å². The maximum atomic E-state index is 13.3. The molecule has 0 bridgehead atoms. The van der Waals surface area contributed by atoms with Gasteiger partial charge in [-0.05, 0) is 54.7 Å². The summed E-state index contributed by atoms with van der Waals surface area (Å²) >= 11 is 0. The highest BCUT2D eigenvalue weighted by Gasteiger charge is 2.33. The number of aryl methyl sites for hydroxylation is 2. The Morgan fingerprint density at radius 1 is 1.16 bits per heavy atom. The first-order valence-electron chi connectivity index (χ1n) is 10.5. The molecule has 2 aromatic heterocycles. The first kappa shape index (κ1) is 20.9. The fraction of sp³-hybridized carbons (Fsp3) is 0.375. The van der Waals surface area contributed by atoms with Crippen LogP contribution in [0, 0.1) is 6.92 Å². The topological polar surface area (TPSA) is 69.5 Å².